The predicted octanol–water partition coefficient (Wildman–Crippen LogP) is 2.68. The third-order valence-electron chi connectivity index (χ3n) is 2.15. The summed E-state index contributed by atoms with van der Waals surface area (Å²) in [6.07, 6.45) is -1.15. The zero-order valence-corrected chi connectivity index (χ0v) is 13.1. The fourth-order valence-electron chi connectivity index (χ4n) is 1.41. The number of alkyl carbamates (subject to hydrolysis) is 1. The van der Waals surface area contributed by atoms with Gasteiger partial charge in [-0.2, -0.15) is 0 Å². The molecular weight excluding hydrogens is 286 g/mol. The second-order valence-corrected chi connectivity index (χ2v) is 6.86. The van der Waals surface area contributed by atoms with Crippen LogP contribution >= 0.6 is 15.9 Å². The van der Waals surface area contributed by atoms with Crippen LogP contribution in [0.25, 0.3) is 0 Å². The van der Waals surface area contributed by atoms with Crippen LogP contribution < -0.4 is 5.32 Å². The second kappa shape index (κ2) is 6.05. The Kier molecular flexibility index (Phi) is 5.94. The van der Waals surface area contributed by atoms with Crippen LogP contribution in [0.1, 0.15) is 41.5 Å². The van der Waals surface area contributed by atoms with E-state index < -0.39 is 17.8 Å². The third kappa shape index (κ3) is 6.88. The molecule has 0 heterocycles. The Bertz CT molecular complexity index is 255. The number of amides is 1. The minimum atomic E-state index is -0.650. The summed E-state index contributed by atoms with van der Waals surface area (Å²) in [6, 6.07) is -0.364. The third-order valence-corrected chi connectivity index (χ3v) is 2.81. The molecule has 0 bridgehead atoms. The van der Waals surface area contributed by atoms with Gasteiger partial charge in [-0.1, -0.05) is 36.7 Å². The molecule has 0 radical (unpaired) electrons. The van der Waals surface area contributed by atoms with Gasteiger partial charge in [-0.3, -0.25) is 0 Å². The molecule has 1 amide bonds. The summed E-state index contributed by atoms with van der Waals surface area (Å²) in [5.41, 5.74) is -0.782. The SMILES string of the molecule is CC(C)(C)OC(=O)NC(C(O)CBr)C(C)(C)C. The number of ether oxygens (including phenoxy) is 1. The van der Waals surface area contributed by atoms with Crippen LogP contribution in [0.15, 0.2) is 0 Å². The maximum Gasteiger partial charge on any atom is 0.407 e. The lowest BCUT2D eigenvalue weighted by atomic mass is 9.84. The van der Waals surface area contributed by atoms with Gasteiger partial charge in [0.25, 0.3) is 0 Å². The highest BCUT2D eigenvalue weighted by atomic mass is 79.9. The number of aliphatic hydroxyl groups is 1. The maximum absolute atomic E-state index is 11.7. The molecule has 5 heteroatoms. The Balaban J connectivity index is 4.61. The first-order chi connectivity index (χ1) is 7.47. The summed E-state index contributed by atoms with van der Waals surface area (Å²) in [4.78, 5) is 11.7. The average molecular weight is 310 g/mol. The van der Waals surface area contributed by atoms with Gasteiger partial charge in [-0.15, -0.1) is 0 Å². The minimum absolute atomic E-state index is 0.246. The van der Waals surface area contributed by atoms with Gasteiger partial charge in [0.1, 0.15) is 5.60 Å². The van der Waals surface area contributed by atoms with E-state index in [2.05, 4.69) is 21.2 Å². The van der Waals surface area contributed by atoms with Gasteiger partial charge in [0.05, 0.1) is 12.1 Å². The van der Waals surface area contributed by atoms with Crippen LogP contribution in [-0.4, -0.2) is 34.3 Å². The molecule has 4 nitrogen and oxygen atoms in total. The Morgan fingerprint density at radius 2 is 1.76 bits per heavy atom. The lowest BCUT2D eigenvalue weighted by molar-refractivity contribution is 0.0321. The molecule has 0 saturated carbocycles. The molecule has 0 saturated heterocycles. The topological polar surface area (TPSA) is 58.6 Å². The second-order valence-electron chi connectivity index (χ2n) is 6.21. The van der Waals surface area contributed by atoms with E-state index in [0.29, 0.717) is 5.33 Å². The molecular formula is C12H24BrNO3. The van der Waals surface area contributed by atoms with Crippen molar-refractivity contribution in [2.24, 2.45) is 5.41 Å². The first-order valence-electron chi connectivity index (χ1n) is 5.71. The van der Waals surface area contributed by atoms with Crippen LogP contribution in [0, 0.1) is 5.41 Å². The van der Waals surface area contributed by atoms with Crippen molar-refractivity contribution >= 4 is 22.0 Å². The molecule has 0 aliphatic heterocycles. The molecule has 0 aromatic carbocycles. The number of hydrogen-bond acceptors (Lipinski definition) is 3. The molecule has 0 aliphatic rings. The summed E-state index contributed by atoms with van der Waals surface area (Å²) in [5.74, 6) is 0. The fourth-order valence-corrected chi connectivity index (χ4v) is 1.79. The molecule has 0 aromatic heterocycles. The summed E-state index contributed by atoms with van der Waals surface area (Å²) in [7, 11) is 0. The van der Waals surface area contributed by atoms with Gasteiger partial charge >= 0.3 is 6.09 Å². The molecule has 0 rings (SSSR count). The monoisotopic (exact) mass is 309 g/mol. The Hall–Kier alpha value is -0.290. The van der Waals surface area contributed by atoms with Crippen molar-refractivity contribution < 1.29 is 14.6 Å². The van der Waals surface area contributed by atoms with Crippen LogP contribution in [0.3, 0.4) is 0 Å². The summed E-state index contributed by atoms with van der Waals surface area (Å²) >= 11 is 3.22. The zero-order valence-electron chi connectivity index (χ0n) is 11.5. The van der Waals surface area contributed by atoms with E-state index in [-0.39, 0.29) is 11.5 Å². The van der Waals surface area contributed by atoms with Crippen LogP contribution in [0.5, 0.6) is 0 Å². The first-order valence-corrected chi connectivity index (χ1v) is 6.83. The van der Waals surface area contributed by atoms with Crippen molar-refractivity contribution in [2.45, 2.75) is 59.3 Å². The maximum atomic E-state index is 11.7. The van der Waals surface area contributed by atoms with Gasteiger partial charge in [-0.25, -0.2) is 4.79 Å². The Morgan fingerprint density at radius 3 is 2.06 bits per heavy atom. The molecule has 2 N–H and O–H groups in total. The van der Waals surface area contributed by atoms with E-state index in [1.54, 1.807) is 20.8 Å². The summed E-state index contributed by atoms with van der Waals surface area (Å²) < 4.78 is 5.18. The highest BCUT2D eigenvalue weighted by molar-refractivity contribution is 9.09. The fraction of sp³-hybridized carbons (Fsp3) is 0.917. The largest absolute Gasteiger partial charge is 0.444 e. The van der Waals surface area contributed by atoms with Gasteiger partial charge in [-0.05, 0) is 26.2 Å². The lowest BCUT2D eigenvalue weighted by Gasteiger charge is -2.35. The van der Waals surface area contributed by atoms with Crippen LogP contribution in [0.2, 0.25) is 0 Å². The van der Waals surface area contributed by atoms with Crippen molar-refractivity contribution in [2.75, 3.05) is 5.33 Å². The minimum Gasteiger partial charge on any atom is -0.444 e. The lowest BCUT2D eigenvalue weighted by Crippen LogP contribution is -2.52. The number of aliphatic hydroxyl groups excluding tert-OH is 1. The van der Waals surface area contributed by atoms with E-state index in [9.17, 15) is 9.90 Å². The highest BCUT2D eigenvalue weighted by Gasteiger charge is 2.33. The molecule has 102 valence electrons. The van der Waals surface area contributed by atoms with Gasteiger partial charge in [0, 0.05) is 5.33 Å². The van der Waals surface area contributed by atoms with Crippen molar-refractivity contribution in [3.63, 3.8) is 0 Å². The van der Waals surface area contributed by atoms with Crippen molar-refractivity contribution in [1.82, 2.24) is 5.32 Å². The van der Waals surface area contributed by atoms with Crippen LogP contribution in [0.4, 0.5) is 4.79 Å². The van der Waals surface area contributed by atoms with Crippen LogP contribution in [-0.2, 0) is 4.74 Å². The van der Waals surface area contributed by atoms with Gasteiger partial charge in [0.15, 0.2) is 0 Å². The summed E-state index contributed by atoms with van der Waals surface area (Å²) in [5, 5.41) is 13.0. The van der Waals surface area contributed by atoms with E-state index >= 15 is 0 Å². The zero-order chi connectivity index (χ0) is 13.9. The Morgan fingerprint density at radius 1 is 1.29 bits per heavy atom. The smallest absolute Gasteiger partial charge is 0.407 e. The van der Waals surface area contributed by atoms with E-state index in [4.69, 9.17) is 4.74 Å². The van der Waals surface area contributed by atoms with Crippen molar-refractivity contribution in [3.05, 3.63) is 0 Å². The first kappa shape index (κ1) is 16.7. The number of rotatable bonds is 3. The molecule has 2 unspecified atom stereocenters. The standard InChI is InChI=1S/C12H24BrNO3/c1-11(2,3)9(8(15)7-13)14-10(16)17-12(4,5)6/h8-9,15H,7H2,1-6H3,(H,14,16). The van der Waals surface area contributed by atoms with E-state index in [1.807, 2.05) is 20.8 Å². The molecule has 2 atom stereocenters. The molecule has 0 fully saturated rings. The molecule has 0 aliphatic carbocycles. The number of carbonyl (C=O) groups is 1. The number of carbonyl (C=O) groups excluding carboxylic acids is 1. The number of hydrogen-bond donors (Lipinski definition) is 2. The highest BCUT2D eigenvalue weighted by Crippen LogP contribution is 2.23. The number of nitrogens with one attached hydrogen (secondary N) is 1. The predicted molar refractivity (Wildman–Crippen MR) is 72.4 cm³/mol. The van der Waals surface area contributed by atoms with Crippen molar-refractivity contribution in [1.29, 1.82) is 0 Å². The van der Waals surface area contributed by atoms with E-state index in [1.165, 1.54) is 0 Å². The molecule has 17 heavy (non-hydrogen) atoms. The van der Waals surface area contributed by atoms with E-state index in [0.717, 1.165) is 0 Å². The molecule has 0 aromatic rings. The van der Waals surface area contributed by atoms with Crippen molar-refractivity contribution in [3.8, 4) is 0 Å². The van der Waals surface area contributed by atoms with Gasteiger partial charge < -0.3 is 15.2 Å². The normalized spacial score (nSPS) is 16.2. The molecule has 0 spiro atoms. The Labute approximate surface area is 112 Å². The number of alkyl halides is 1. The number of halogens is 1. The quantitative estimate of drug-likeness (QED) is 0.788. The van der Waals surface area contributed by atoms with Gasteiger partial charge in [0.2, 0.25) is 0 Å². The summed E-state index contributed by atoms with van der Waals surface area (Å²) in [6.45, 7) is 11.3. The average Bonchev–Trinajstić information content (AvgIpc) is 2.08.